The van der Waals surface area contributed by atoms with Crippen LogP contribution in [0, 0.1) is 0 Å². The molecule has 30 heavy (non-hydrogen) atoms. The van der Waals surface area contributed by atoms with E-state index in [1.165, 1.54) is 27.8 Å². The quantitative estimate of drug-likeness (QED) is 0.358. The number of aromatic nitrogens is 2. The van der Waals surface area contributed by atoms with Gasteiger partial charge < -0.3 is 5.32 Å². The van der Waals surface area contributed by atoms with Gasteiger partial charge in [0.05, 0.1) is 5.39 Å². The smallest absolute Gasteiger partial charge is 0.163 e. The first-order chi connectivity index (χ1) is 14.7. The Kier molecular flexibility index (Phi) is 5.45. The van der Waals surface area contributed by atoms with Gasteiger partial charge in [-0.15, -0.1) is 11.3 Å². The fourth-order valence-electron chi connectivity index (χ4n) is 4.16. The Labute approximate surface area is 186 Å². The first kappa shape index (κ1) is 19.5. The van der Waals surface area contributed by atoms with Gasteiger partial charge in [0.1, 0.15) is 10.6 Å². The maximum Gasteiger partial charge on any atom is 0.163 e. The molecule has 1 aliphatic carbocycles. The van der Waals surface area contributed by atoms with Crippen molar-refractivity contribution in [3.05, 3.63) is 75.6 Å². The van der Waals surface area contributed by atoms with Crippen molar-refractivity contribution in [1.82, 2.24) is 9.97 Å². The minimum atomic E-state index is 0.318. The van der Waals surface area contributed by atoms with E-state index in [1.807, 2.05) is 35.6 Å². The average Bonchev–Trinajstić information content (AvgIpc) is 3.34. The highest BCUT2D eigenvalue weighted by molar-refractivity contribution is 7.19. The van der Waals surface area contributed by atoms with E-state index in [2.05, 4.69) is 42.6 Å². The summed E-state index contributed by atoms with van der Waals surface area (Å²) in [6.45, 7) is 2.24. The monoisotopic (exact) mass is 433 g/mol. The number of aryl methyl sites for hydroxylation is 3. The summed E-state index contributed by atoms with van der Waals surface area (Å²) in [5.74, 6) is 1.74. The molecule has 1 N–H and O–H groups in total. The van der Waals surface area contributed by atoms with Crippen LogP contribution < -0.4 is 5.32 Å². The fourth-order valence-corrected chi connectivity index (χ4v) is 5.55. The molecule has 0 saturated heterocycles. The Morgan fingerprint density at radius 2 is 1.83 bits per heavy atom. The molecule has 5 rings (SSSR count). The number of fused-ring (bicyclic) bond motifs is 3. The molecule has 3 nitrogen and oxygen atoms in total. The lowest BCUT2D eigenvalue weighted by atomic mass is 10.1. The highest BCUT2D eigenvalue weighted by Gasteiger charge is 2.23. The molecule has 152 valence electrons. The summed E-state index contributed by atoms with van der Waals surface area (Å²) in [6, 6.07) is 18.8. The van der Waals surface area contributed by atoms with Gasteiger partial charge in [-0.3, -0.25) is 0 Å². The fraction of sp³-hybridized carbons (Fsp3) is 0.280. The molecule has 0 saturated carbocycles. The van der Waals surface area contributed by atoms with Gasteiger partial charge in [0.15, 0.2) is 5.82 Å². The zero-order valence-corrected chi connectivity index (χ0v) is 18.6. The lowest BCUT2D eigenvalue weighted by molar-refractivity contribution is 0.704. The van der Waals surface area contributed by atoms with Gasteiger partial charge in [0, 0.05) is 21.5 Å². The zero-order valence-electron chi connectivity index (χ0n) is 17.0. The topological polar surface area (TPSA) is 37.8 Å². The summed E-state index contributed by atoms with van der Waals surface area (Å²) in [6.07, 6.45) is 5.63. The number of hydrogen-bond acceptors (Lipinski definition) is 4. The lowest BCUT2D eigenvalue weighted by Gasteiger charge is -2.17. The number of thiophene rings is 1. The van der Waals surface area contributed by atoms with Crippen LogP contribution >= 0.6 is 22.9 Å². The van der Waals surface area contributed by atoms with Crippen LogP contribution in [0.15, 0.2) is 54.6 Å². The van der Waals surface area contributed by atoms with E-state index in [1.54, 1.807) is 0 Å². The number of nitrogens with one attached hydrogen (secondary N) is 1. The summed E-state index contributed by atoms with van der Waals surface area (Å²) in [5, 5.41) is 5.68. The van der Waals surface area contributed by atoms with Crippen LogP contribution in [0.1, 0.15) is 35.8 Å². The summed E-state index contributed by atoms with van der Waals surface area (Å²) >= 11 is 7.91. The second-order valence-electron chi connectivity index (χ2n) is 8.01. The molecule has 0 radical (unpaired) electrons. The predicted molar refractivity (Wildman–Crippen MR) is 128 cm³/mol. The summed E-state index contributed by atoms with van der Waals surface area (Å²) in [4.78, 5) is 12.5. The van der Waals surface area contributed by atoms with Gasteiger partial charge >= 0.3 is 0 Å². The van der Waals surface area contributed by atoms with Crippen molar-refractivity contribution in [2.24, 2.45) is 0 Å². The minimum Gasteiger partial charge on any atom is -0.367 e. The standard InChI is InChI=1S/C25H24ClN3S/c1-16(10-11-17-6-3-2-4-7-17)27-24-22-20-8-5-9-21(20)30-25(22)29-23(28-24)18-12-14-19(26)15-13-18/h2-4,6-7,12-16H,5,8-11H2,1H3,(H,27,28,29). The van der Waals surface area contributed by atoms with Crippen LogP contribution in [0.4, 0.5) is 5.82 Å². The molecule has 1 atom stereocenters. The number of halogens is 1. The number of benzene rings is 2. The molecule has 5 heteroatoms. The molecule has 4 aromatic rings. The number of hydrogen-bond donors (Lipinski definition) is 1. The maximum absolute atomic E-state index is 6.08. The first-order valence-corrected chi connectivity index (χ1v) is 11.8. The third-order valence-electron chi connectivity index (χ3n) is 5.76. The van der Waals surface area contributed by atoms with Crippen molar-refractivity contribution in [1.29, 1.82) is 0 Å². The predicted octanol–water partition coefficient (Wildman–Crippen LogP) is 6.93. The Morgan fingerprint density at radius 3 is 2.63 bits per heavy atom. The molecule has 0 spiro atoms. The van der Waals surface area contributed by atoms with E-state index in [0.29, 0.717) is 6.04 Å². The third-order valence-corrected chi connectivity index (χ3v) is 7.20. The van der Waals surface area contributed by atoms with Crippen molar-refractivity contribution in [2.75, 3.05) is 5.32 Å². The van der Waals surface area contributed by atoms with E-state index in [4.69, 9.17) is 21.6 Å². The molecule has 1 aliphatic rings. The number of anilines is 1. The summed E-state index contributed by atoms with van der Waals surface area (Å²) in [5.41, 5.74) is 3.82. The average molecular weight is 434 g/mol. The molecule has 2 aromatic carbocycles. The Balaban J connectivity index is 1.48. The van der Waals surface area contributed by atoms with Crippen LogP contribution in [0.25, 0.3) is 21.6 Å². The zero-order chi connectivity index (χ0) is 20.5. The molecule has 0 amide bonds. The van der Waals surface area contributed by atoms with E-state index in [9.17, 15) is 0 Å². The normalized spacial score (nSPS) is 14.1. The molecular weight excluding hydrogens is 410 g/mol. The number of rotatable bonds is 6. The van der Waals surface area contributed by atoms with Gasteiger partial charge in [-0.1, -0.05) is 41.9 Å². The van der Waals surface area contributed by atoms with Gasteiger partial charge in [0.25, 0.3) is 0 Å². The van der Waals surface area contributed by atoms with E-state index in [0.717, 1.165) is 52.7 Å². The molecular formula is C25H24ClN3S. The van der Waals surface area contributed by atoms with E-state index < -0.39 is 0 Å². The largest absolute Gasteiger partial charge is 0.367 e. The number of nitrogens with zero attached hydrogens (tertiary/aromatic N) is 2. The molecule has 1 unspecified atom stereocenters. The first-order valence-electron chi connectivity index (χ1n) is 10.6. The minimum absolute atomic E-state index is 0.318. The Bertz CT molecular complexity index is 1170. The van der Waals surface area contributed by atoms with Gasteiger partial charge in [-0.05, 0) is 74.4 Å². The van der Waals surface area contributed by atoms with E-state index in [-0.39, 0.29) is 0 Å². The van der Waals surface area contributed by atoms with Gasteiger partial charge in [-0.25, -0.2) is 9.97 Å². The highest BCUT2D eigenvalue weighted by atomic mass is 35.5. The Hall–Kier alpha value is -2.43. The van der Waals surface area contributed by atoms with Crippen LogP contribution in [-0.2, 0) is 19.3 Å². The summed E-state index contributed by atoms with van der Waals surface area (Å²) < 4.78 is 0. The Morgan fingerprint density at radius 1 is 1.03 bits per heavy atom. The summed E-state index contributed by atoms with van der Waals surface area (Å²) in [7, 11) is 0. The van der Waals surface area contributed by atoms with Crippen LogP contribution in [0.2, 0.25) is 5.02 Å². The van der Waals surface area contributed by atoms with Crippen molar-refractivity contribution in [2.45, 2.75) is 45.1 Å². The van der Waals surface area contributed by atoms with Crippen molar-refractivity contribution in [3.63, 3.8) is 0 Å². The molecule has 0 bridgehead atoms. The van der Waals surface area contributed by atoms with Crippen LogP contribution in [0.5, 0.6) is 0 Å². The van der Waals surface area contributed by atoms with Crippen molar-refractivity contribution < 1.29 is 0 Å². The third kappa shape index (κ3) is 3.94. The SMILES string of the molecule is CC(CCc1ccccc1)Nc1nc(-c2ccc(Cl)cc2)nc2sc3c(c12)CCC3. The van der Waals surface area contributed by atoms with Gasteiger partial charge in [-0.2, -0.15) is 0 Å². The molecule has 0 aliphatic heterocycles. The lowest BCUT2D eigenvalue weighted by Crippen LogP contribution is -2.17. The second kappa shape index (κ2) is 8.37. The van der Waals surface area contributed by atoms with Crippen molar-refractivity contribution in [3.8, 4) is 11.4 Å². The molecule has 2 heterocycles. The van der Waals surface area contributed by atoms with Gasteiger partial charge in [0.2, 0.25) is 0 Å². The van der Waals surface area contributed by atoms with Crippen LogP contribution in [0.3, 0.4) is 0 Å². The van der Waals surface area contributed by atoms with E-state index >= 15 is 0 Å². The highest BCUT2D eigenvalue weighted by Crippen LogP contribution is 2.40. The van der Waals surface area contributed by atoms with Crippen molar-refractivity contribution >= 4 is 39.0 Å². The second-order valence-corrected chi connectivity index (χ2v) is 9.53. The molecule has 2 aromatic heterocycles. The van der Waals surface area contributed by atoms with Crippen LogP contribution in [-0.4, -0.2) is 16.0 Å². The maximum atomic E-state index is 6.08. The molecule has 0 fully saturated rings.